The maximum atomic E-state index is 14.1. The van der Waals surface area contributed by atoms with Crippen LogP contribution in [0.15, 0.2) is 30.3 Å². The fraction of sp³-hybridized carbons (Fsp3) is 0.474. The molecule has 1 amide bonds. The Balaban J connectivity index is 1.55. The molecule has 7 nitrogen and oxygen atoms in total. The smallest absolute Gasteiger partial charge is 0.271 e. The number of piperidine rings is 1. The number of nitrogens with zero attached hydrogens (tertiary/aromatic N) is 3. The van der Waals surface area contributed by atoms with E-state index >= 15 is 0 Å². The van der Waals surface area contributed by atoms with Crippen molar-refractivity contribution in [2.45, 2.75) is 6.42 Å². The van der Waals surface area contributed by atoms with Gasteiger partial charge in [0.2, 0.25) is 10.0 Å². The topological polar surface area (TPSA) is 86.4 Å². The molecule has 1 aromatic carbocycles. The summed E-state index contributed by atoms with van der Waals surface area (Å²) in [6.07, 6.45) is 1.67. The first-order chi connectivity index (χ1) is 13.7. The standard InChI is InChI=1S/C19H22ClFN4O3S/c1-29(27,28)25-7-6-13-9-24(11-19(13,10-21)12-25)18(26)17-8-16(22-23-17)14-4-2-3-5-15(14)20/h2-5,8,13H,6-7,9-12H2,1H3,(H,22,23)/t13-,19-/m0/s1. The molecular formula is C19H22ClFN4O3S. The maximum Gasteiger partial charge on any atom is 0.271 e. The largest absolute Gasteiger partial charge is 0.336 e. The van der Waals surface area contributed by atoms with E-state index < -0.39 is 22.1 Å². The fourth-order valence-corrected chi connectivity index (χ4v) is 5.54. The monoisotopic (exact) mass is 440 g/mol. The molecule has 29 heavy (non-hydrogen) atoms. The Morgan fingerprint density at radius 1 is 1.38 bits per heavy atom. The van der Waals surface area contributed by atoms with Crippen molar-refractivity contribution in [1.82, 2.24) is 19.4 Å². The van der Waals surface area contributed by atoms with E-state index in [0.29, 0.717) is 41.5 Å². The Bertz CT molecular complexity index is 1040. The molecule has 2 aliphatic rings. The van der Waals surface area contributed by atoms with Crippen molar-refractivity contribution in [2.75, 3.05) is 39.1 Å². The number of halogens is 2. The van der Waals surface area contributed by atoms with Gasteiger partial charge in [-0.05, 0) is 24.5 Å². The number of hydrogen-bond acceptors (Lipinski definition) is 4. The van der Waals surface area contributed by atoms with Crippen molar-refractivity contribution < 1.29 is 17.6 Å². The second kappa shape index (κ2) is 7.37. The number of aromatic nitrogens is 2. The van der Waals surface area contributed by atoms with Gasteiger partial charge in [-0.15, -0.1) is 0 Å². The van der Waals surface area contributed by atoms with Crippen LogP contribution in [0, 0.1) is 11.3 Å². The molecule has 0 saturated carbocycles. The highest BCUT2D eigenvalue weighted by Gasteiger charge is 2.52. The zero-order valence-corrected chi connectivity index (χ0v) is 17.5. The number of hydrogen-bond donors (Lipinski definition) is 1. The molecule has 0 bridgehead atoms. The molecule has 0 radical (unpaired) electrons. The van der Waals surface area contributed by atoms with Gasteiger partial charge in [0.1, 0.15) is 5.69 Å². The molecule has 2 saturated heterocycles. The van der Waals surface area contributed by atoms with Crippen LogP contribution in [0.4, 0.5) is 4.39 Å². The number of fused-ring (bicyclic) bond motifs is 1. The minimum atomic E-state index is -3.40. The van der Waals surface area contributed by atoms with Crippen molar-refractivity contribution in [1.29, 1.82) is 0 Å². The number of aromatic amines is 1. The Morgan fingerprint density at radius 2 is 2.14 bits per heavy atom. The third-order valence-corrected chi connectivity index (χ3v) is 7.59. The normalized spacial score (nSPS) is 25.2. The molecule has 4 rings (SSSR count). The van der Waals surface area contributed by atoms with Gasteiger partial charge in [0, 0.05) is 37.2 Å². The quantitative estimate of drug-likeness (QED) is 0.791. The molecule has 0 unspecified atom stereocenters. The predicted octanol–water partition coefficient (Wildman–Crippen LogP) is 2.42. The van der Waals surface area contributed by atoms with E-state index in [1.54, 1.807) is 17.0 Å². The summed E-state index contributed by atoms with van der Waals surface area (Å²) >= 11 is 6.20. The van der Waals surface area contributed by atoms with E-state index in [-0.39, 0.29) is 24.9 Å². The molecule has 2 aliphatic heterocycles. The van der Waals surface area contributed by atoms with Gasteiger partial charge in [0.25, 0.3) is 5.91 Å². The number of carbonyl (C=O) groups excluding carboxylic acids is 1. The van der Waals surface area contributed by atoms with Crippen LogP contribution >= 0.6 is 11.6 Å². The minimum absolute atomic E-state index is 0.0691. The highest BCUT2D eigenvalue weighted by Crippen LogP contribution is 2.43. The average Bonchev–Trinajstić information content (AvgIpc) is 3.32. The number of nitrogens with one attached hydrogen (secondary N) is 1. The van der Waals surface area contributed by atoms with Crippen molar-refractivity contribution in [3.05, 3.63) is 41.0 Å². The van der Waals surface area contributed by atoms with Gasteiger partial charge in [0.05, 0.1) is 23.6 Å². The molecular weight excluding hydrogens is 419 g/mol. The van der Waals surface area contributed by atoms with Gasteiger partial charge in [-0.25, -0.2) is 12.7 Å². The van der Waals surface area contributed by atoms with Gasteiger partial charge < -0.3 is 4.90 Å². The number of amides is 1. The van der Waals surface area contributed by atoms with Crippen molar-refractivity contribution in [3.63, 3.8) is 0 Å². The molecule has 0 spiro atoms. The van der Waals surface area contributed by atoms with E-state index in [1.807, 2.05) is 18.2 Å². The summed E-state index contributed by atoms with van der Waals surface area (Å²) in [5.74, 6) is -0.343. The van der Waals surface area contributed by atoms with Crippen LogP contribution in [-0.4, -0.2) is 72.8 Å². The SMILES string of the molecule is CS(=O)(=O)N1CC[C@H]2CN(C(=O)c3cc(-c4ccccc4Cl)n[nH]3)C[C@@]2(CF)C1. The Labute approximate surface area is 173 Å². The molecule has 10 heteroatoms. The third kappa shape index (κ3) is 3.67. The van der Waals surface area contributed by atoms with Crippen LogP contribution in [0.3, 0.4) is 0 Å². The zero-order valence-electron chi connectivity index (χ0n) is 15.9. The van der Waals surface area contributed by atoms with E-state index in [1.165, 1.54) is 4.31 Å². The molecule has 1 aromatic heterocycles. The van der Waals surface area contributed by atoms with Crippen molar-refractivity contribution in [3.8, 4) is 11.3 Å². The van der Waals surface area contributed by atoms with Crippen LogP contribution in [0.2, 0.25) is 5.02 Å². The summed E-state index contributed by atoms with van der Waals surface area (Å²) in [5, 5.41) is 7.48. The highest BCUT2D eigenvalue weighted by molar-refractivity contribution is 7.88. The van der Waals surface area contributed by atoms with Crippen LogP contribution in [0.5, 0.6) is 0 Å². The molecule has 3 heterocycles. The lowest BCUT2D eigenvalue weighted by Crippen LogP contribution is -2.51. The third-order valence-electron chi connectivity index (χ3n) is 6.01. The first kappa shape index (κ1) is 20.3. The van der Waals surface area contributed by atoms with Gasteiger partial charge in [0.15, 0.2) is 0 Å². The minimum Gasteiger partial charge on any atom is -0.336 e. The highest BCUT2D eigenvalue weighted by atomic mass is 35.5. The van der Waals surface area contributed by atoms with Crippen molar-refractivity contribution in [2.24, 2.45) is 11.3 Å². The zero-order chi connectivity index (χ0) is 20.8. The number of carbonyl (C=O) groups is 1. The number of likely N-dealkylation sites (tertiary alicyclic amines) is 1. The Hall–Kier alpha value is -1.97. The average molecular weight is 441 g/mol. The lowest BCUT2D eigenvalue weighted by molar-refractivity contribution is 0.0696. The molecule has 0 aliphatic carbocycles. The van der Waals surface area contributed by atoms with E-state index in [2.05, 4.69) is 10.2 Å². The molecule has 156 valence electrons. The second-order valence-corrected chi connectivity index (χ2v) is 10.3. The number of sulfonamides is 1. The predicted molar refractivity (Wildman–Crippen MR) is 108 cm³/mol. The van der Waals surface area contributed by atoms with Gasteiger partial charge in [-0.2, -0.15) is 5.10 Å². The lowest BCUT2D eigenvalue weighted by Gasteiger charge is -2.41. The summed E-state index contributed by atoms with van der Waals surface area (Å²) in [5.41, 5.74) is 0.706. The molecule has 1 N–H and O–H groups in total. The van der Waals surface area contributed by atoms with E-state index in [0.717, 1.165) is 6.26 Å². The van der Waals surface area contributed by atoms with Crippen molar-refractivity contribution >= 4 is 27.5 Å². The van der Waals surface area contributed by atoms with Crippen LogP contribution in [-0.2, 0) is 10.0 Å². The fourth-order valence-electron chi connectivity index (χ4n) is 4.38. The lowest BCUT2D eigenvalue weighted by atomic mass is 9.75. The van der Waals surface area contributed by atoms with Gasteiger partial charge in [-0.1, -0.05) is 29.8 Å². The van der Waals surface area contributed by atoms with Crippen LogP contribution in [0.1, 0.15) is 16.9 Å². The van der Waals surface area contributed by atoms with Crippen LogP contribution < -0.4 is 0 Å². The summed E-state index contributed by atoms with van der Waals surface area (Å²) in [4.78, 5) is 14.6. The maximum absolute atomic E-state index is 14.1. The van der Waals surface area contributed by atoms with Gasteiger partial charge >= 0.3 is 0 Å². The second-order valence-electron chi connectivity index (χ2n) is 7.91. The summed E-state index contributed by atoms with van der Waals surface area (Å²) in [6, 6.07) is 8.84. The Morgan fingerprint density at radius 3 is 2.83 bits per heavy atom. The first-order valence-electron chi connectivity index (χ1n) is 9.34. The first-order valence-corrected chi connectivity index (χ1v) is 11.6. The summed E-state index contributed by atoms with van der Waals surface area (Å²) < 4.78 is 39.3. The van der Waals surface area contributed by atoms with E-state index in [4.69, 9.17) is 11.6 Å². The number of benzene rings is 1. The molecule has 2 atom stereocenters. The van der Waals surface area contributed by atoms with E-state index in [9.17, 15) is 17.6 Å². The summed E-state index contributed by atoms with van der Waals surface area (Å²) in [6.45, 7) is 0.375. The van der Waals surface area contributed by atoms with Crippen LogP contribution in [0.25, 0.3) is 11.3 Å². The summed E-state index contributed by atoms with van der Waals surface area (Å²) in [7, 11) is -3.40. The number of H-pyrrole nitrogens is 1. The molecule has 2 aromatic rings. The van der Waals surface area contributed by atoms with Gasteiger partial charge in [-0.3, -0.25) is 14.3 Å². The number of rotatable bonds is 4. The molecule has 2 fully saturated rings. The Kier molecular flexibility index (Phi) is 5.16. The number of alkyl halides is 1.